The van der Waals surface area contributed by atoms with Crippen molar-refractivity contribution in [2.45, 2.75) is 26.4 Å². The third kappa shape index (κ3) is 3.41. The minimum Gasteiger partial charge on any atom is -0.459 e. The summed E-state index contributed by atoms with van der Waals surface area (Å²) in [6.07, 6.45) is 0.139. The second-order valence-electron chi connectivity index (χ2n) is 3.97. The molecule has 1 aromatic rings. The molecule has 9 heteroatoms. The fourth-order valence-corrected chi connectivity index (χ4v) is 1.56. The molecule has 0 N–H and O–H groups in total. The SMILES string of the molecule is CCC(C)OC(=O)c1cc([N+](=O)[O-])c(Cl)c([N+](=O)[O-])c1. The predicted octanol–water partition coefficient (Wildman–Crippen LogP) is 3.11. The number of benzene rings is 1. The van der Waals surface area contributed by atoms with Gasteiger partial charge in [0.15, 0.2) is 5.02 Å². The van der Waals surface area contributed by atoms with E-state index in [9.17, 15) is 25.0 Å². The lowest BCUT2D eigenvalue weighted by molar-refractivity contribution is -0.393. The van der Waals surface area contributed by atoms with Crippen LogP contribution in [0.4, 0.5) is 11.4 Å². The number of rotatable bonds is 5. The summed E-state index contributed by atoms with van der Waals surface area (Å²) < 4.78 is 4.97. The van der Waals surface area contributed by atoms with Crippen LogP contribution in [0.15, 0.2) is 12.1 Å². The van der Waals surface area contributed by atoms with E-state index in [0.29, 0.717) is 6.42 Å². The summed E-state index contributed by atoms with van der Waals surface area (Å²) >= 11 is 5.57. The molecule has 20 heavy (non-hydrogen) atoms. The number of hydrogen-bond donors (Lipinski definition) is 0. The van der Waals surface area contributed by atoms with Gasteiger partial charge in [-0.05, 0) is 13.3 Å². The molecule has 0 saturated heterocycles. The molecule has 0 radical (unpaired) electrons. The van der Waals surface area contributed by atoms with E-state index in [1.54, 1.807) is 13.8 Å². The maximum atomic E-state index is 11.8. The number of hydrogen-bond acceptors (Lipinski definition) is 6. The van der Waals surface area contributed by atoms with Crippen LogP contribution >= 0.6 is 11.6 Å². The molecule has 1 unspecified atom stereocenters. The van der Waals surface area contributed by atoms with Crippen molar-refractivity contribution in [2.24, 2.45) is 0 Å². The highest BCUT2D eigenvalue weighted by Gasteiger charge is 2.28. The Morgan fingerprint density at radius 3 is 2.10 bits per heavy atom. The molecule has 1 atom stereocenters. The van der Waals surface area contributed by atoms with Gasteiger partial charge in [-0.25, -0.2) is 4.79 Å². The minimum absolute atomic E-state index is 0.284. The van der Waals surface area contributed by atoms with Gasteiger partial charge in [-0.15, -0.1) is 0 Å². The summed E-state index contributed by atoms with van der Waals surface area (Å²) in [5.74, 6) is -0.873. The molecule has 0 heterocycles. The summed E-state index contributed by atoms with van der Waals surface area (Å²) in [6.45, 7) is 3.42. The molecule has 0 aliphatic heterocycles. The van der Waals surface area contributed by atoms with Gasteiger partial charge < -0.3 is 4.74 Å². The molecule has 0 spiro atoms. The van der Waals surface area contributed by atoms with Crippen molar-refractivity contribution >= 4 is 28.9 Å². The molecule has 0 aliphatic rings. The molecule has 0 aliphatic carbocycles. The van der Waals surface area contributed by atoms with Crippen LogP contribution in [0.25, 0.3) is 0 Å². The zero-order valence-corrected chi connectivity index (χ0v) is 11.4. The van der Waals surface area contributed by atoms with Crippen LogP contribution in [0.5, 0.6) is 0 Å². The van der Waals surface area contributed by atoms with Crippen LogP contribution in [-0.2, 0) is 4.74 Å². The van der Waals surface area contributed by atoms with E-state index in [1.165, 1.54) is 0 Å². The molecule has 1 aromatic carbocycles. The first-order chi connectivity index (χ1) is 9.27. The number of nitro groups is 2. The third-order valence-corrected chi connectivity index (χ3v) is 2.93. The summed E-state index contributed by atoms with van der Waals surface area (Å²) in [7, 11) is 0. The Bertz CT molecular complexity index is 539. The summed E-state index contributed by atoms with van der Waals surface area (Å²) in [5, 5.41) is 21.0. The highest BCUT2D eigenvalue weighted by atomic mass is 35.5. The number of carbonyl (C=O) groups is 1. The zero-order chi connectivity index (χ0) is 15.4. The average molecular weight is 303 g/mol. The maximum Gasteiger partial charge on any atom is 0.338 e. The van der Waals surface area contributed by atoms with Crippen LogP contribution in [0.2, 0.25) is 5.02 Å². The Labute approximate surface area is 118 Å². The van der Waals surface area contributed by atoms with Gasteiger partial charge in [-0.2, -0.15) is 0 Å². The number of nitro benzene ring substituents is 2. The van der Waals surface area contributed by atoms with Gasteiger partial charge in [0.1, 0.15) is 0 Å². The second-order valence-corrected chi connectivity index (χ2v) is 4.34. The molecular weight excluding hydrogens is 292 g/mol. The first kappa shape index (κ1) is 15.8. The number of esters is 1. The highest BCUT2D eigenvalue weighted by molar-refractivity contribution is 6.35. The van der Waals surface area contributed by atoms with Crippen molar-refractivity contribution in [3.63, 3.8) is 0 Å². The molecule has 0 aromatic heterocycles. The smallest absolute Gasteiger partial charge is 0.338 e. The largest absolute Gasteiger partial charge is 0.459 e. The summed E-state index contributed by atoms with van der Waals surface area (Å²) in [4.78, 5) is 31.6. The molecule has 0 fully saturated rings. The topological polar surface area (TPSA) is 113 Å². The van der Waals surface area contributed by atoms with Crippen molar-refractivity contribution in [3.8, 4) is 0 Å². The van der Waals surface area contributed by atoms with Crippen LogP contribution in [-0.4, -0.2) is 21.9 Å². The monoisotopic (exact) mass is 302 g/mol. The van der Waals surface area contributed by atoms with Gasteiger partial charge in [0, 0.05) is 12.1 Å². The van der Waals surface area contributed by atoms with Crippen LogP contribution in [0, 0.1) is 20.2 Å². The summed E-state index contributed by atoms with van der Waals surface area (Å²) in [6, 6.07) is 1.72. The molecule has 108 valence electrons. The second kappa shape index (κ2) is 6.29. The molecular formula is C11H11ClN2O6. The van der Waals surface area contributed by atoms with Crippen LogP contribution < -0.4 is 0 Å². The fourth-order valence-electron chi connectivity index (χ4n) is 1.31. The lowest BCUT2D eigenvalue weighted by atomic mass is 10.1. The van der Waals surface area contributed by atoms with Gasteiger partial charge in [-0.1, -0.05) is 18.5 Å². The molecule has 0 saturated carbocycles. The lowest BCUT2D eigenvalue weighted by Crippen LogP contribution is -2.14. The first-order valence-corrected chi connectivity index (χ1v) is 5.99. The average Bonchev–Trinajstić information content (AvgIpc) is 2.37. The number of halogens is 1. The highest BCUT2D eigenvalue weighted by Crippen LogP contribution is 2.35. The Kier molecular flexibility index (Phi) is 4.98. The fraction of sp³-hybridized carbons (Fsp3) is 0.364. The lowest BCUT2D eigenvalue weighted by Gasteiger charge is -2.10. The van der Waals surface area contributed by atoms with E-state index in [-0.39, 0.29) is 5.56 Å². The molecule has 1 rings (SSSR count). The normalized spacial score (nSPS) is 11.8. The van der Waals surface area contributed by atoms with E-state index in [1.807, 2.05) is 0 Å². The van der Waals surface area contributed by atoms with Crippen LogP contribution in [0.1, 0.15) is 30.6 Å². The minimum atomic E-state index is -0.893. The third-order valence-electron chi connectivity index (χ3n) is 2.55. The van der Waals surface area contributed by atoms with E-state index in [0.717, 1.165) is 12.1 Å². The van der Waals surface area contributed by atoms with Crippen molar-refractivity contribution < 1.29 is 19.4 Å². The van der Waals surface area contributed by atoms with Crippen molar-refractivity contribution in [1.82, 2.24) is 0 Å². The Hall–Kier alpha value is -2.22. The van der Waals surface area contributed by atoms with Gasteiger partial charge >= 0.3 is 5.97 Å². The van der Waals surface area contributed by atoms with Crippen molar-refractivity contribution in [3.05, 3.63) is 42.9 Å². The van der Waals surface area contributed by atoms with E-state index >= 15 is 0 Å². The van der Waals surface area contributed by atoms with Gasteiger partial charge in [-0.3, -0.25) is 20.2 Å². The number of nitrogens with zero attached hydrogens (tertiary/aromatic N) is 2. The summed E-state index contributed by atoms with van der Waals surface area (Å²) in [5.41, 5.74) is -1.71. The van der Waals surface area contributed by atoms with Crippen molar-refractivity contribution in [2.75, 3.05) is 0 Å². The van der Waals surface area contributed by atoms with Gasteiger partial charge in [0.05, 0.1) is 21.5 Å². The Balaban J connectivity index is 3.31. The van der Waals surface area contributed by atoms with E-state index in [4.69, 9.17) is 16.3 Å². The standard InChI is InChI=1S/C11H11ClN2O6/c1-3-6(2)20-11(15)7-4-8(13(16)17)10(12)9(5-7)14(18)19/h4-6H,3H2,1-2H3. The number of carbonyl (C=O) groups excluding carboxylic acids is 1. The quantitative estimate of drug-likeness (QED) is 0.469. The predicted molar refractivity (Wildman–Crippen MR) is 69.9 cm³/mol. The number of ether oxygens (including phenoxy) is 1. The Morgan fingerprint density at radius 2 is 1.75 bits per heavy atom. The molecule has 0 amide bonds. The van der Waals surface area contributed by atoms with Crippen LogP contribution in [0.3, 0.4) is 0 Å². The van der Waals surface area contributed by atoms with Gasteiger partial charge in [0.25, 0.3) is 11.4 Å². The van der Waals surface area contributed by atoms with E-state index in [2.05, 4.69) is 0 Å². The maximum absolute atomic E-state index is 11.8. The van der Waals surface area contributed by atoms with Gasteiger partial charge in [0.2, 0.25) is 0 Å². The zero-order valence-electron chi connectivity index (χ0n) is 10.7. The van der Waals surface area contributed by atoms with E-state index < -0.39 is 38.3 Å². The van der Waals surface area contributed by atoms with Crippen molar-refractivity contribution in [1.29, 1.82) is 0 Å². The first-order valence-electron chi connectivity index (χ1n) is 5.61. The Morgan fingerprint density at radius 1 is 1.30 bits per heavy atom. The molecule has 0 bridgehead atoms. The molecule has 8 nitrogen and oxygen atoms in total.